The van der Waals surface area contributed by atoms with E-state index in [0.717, 1.165) is 12.8 Å². The highest BCUT2D eigenvalue weighted by molar-refractivity contribution is 5.78. The van der Waals surface area contributed by atoms with Gasteiger partial charge in [0.15, 0.2) is 0 Å². The third-order valence-corrected chi connectivity index (χ3v) is 0.911. The van der Waals surface area contributed by atoms with Crippen molar-refractivity contribution in [2.45, 2.75) is 25.7 Å². The van der Waals surface area contributed by atoms with Crippen LogP contribution in [0.1, 0.15) is 25.7 Å². The van der Waals surface area contributed by atoms with Crippen LogP contribution in [0.15, 0.2) is 0 Å². The number of ketones is 1. The van der Waals surface area contributed by atoms with Crippen LogP contribution in [0, 0.1) is 13.8 Å². The molecule has 0 fully saturated rings. The molecule has 0 amide bonds. The molecule has 0 saturated carbocycles. The monoisotopic (exact) mass is 112 g/mol. The van der Waals surface area contributed by atoms with E-state index in [1.54, 1.807) is 0 Å². The number of hydrogen-bond acceptors (Lipinski definition) is 1. The van der Waals surface area contributed by atoms with Crippen LogP contribution in [0.2, 0.25) is 0 Å². The maximum absolute atomic E-state index is 10.6. The SMILES string of the molecule is [CH2]CCC(=O)CC[CH2]. The summed E-state index contributed by atoms with van der Waals surface area (Å²) in [5.74, 6) is 0.287. The highest BCUT2D eigenvalue weighted by Gasteiger charge is 1.94. The summed E-state index contributed by atoms with van der Waals surface area (Å²) in [6, 6.07) is 0. The summed E-state index contributed by atoms with van der Waals surface area (Å²) in [4.78, 5) is 10.6. The van der Waals surface area contributed by atoms with Gasteiger partial charge in [0.2, 0.25) is 0 Å². The molecule has 0 heterocycles. The van der Waals surface area contributed by atoms with Crippen molar-refractivity contribution in [3.05, 3.63) is 13.8 Å². The van der Waals surface area contributed by atoms with Gasteiger partial charge >= 0.3 is 0 Å². The Balaban J connectivity index is 3.06. The van der Waals surface area contributed by atoms with Gasteiger partial charge in [0.25, 0.3) is 0 Å². The smallest absolute Gasteiger partial charge is 0.132 e. The van der Waals surface area contributed by atoms with E-state index in [9.17, 15) is 4.79 Å². The minimum absolute atomic E-state index is 0.287. The molecule has 46 valence electrons. The number of carbonyl (C=O) groups excluding carboxylic acids is 1. The molecule has 1 nitrogen and oxygen atoms in total. The van der Waals surface area contributed by atoms with Crippen molar-refractivity contribution in [1.82, 2.24) is 0 Å². The minimum Gasteiger partial charge on any atom is -0.300 e. The molecule has 0 aliphatic heterocycles. The number of carbonyl (C=O) groups is 1. The second kappa shape index (κ2) is 4.82. The van der Waals surface area contributed by atoms with Crippen molar-refractivity contribution in [1.29, 1.82) is 0 Å². The molecule has 1 heteroatoms. The van der Waals surface area contributed by atoms with Crippen molar-refractivity contribution in [3.8, 4) is 0 Å². The lowest BCUT2D eigenvalue weighted by molar-refractivity contribution is -0.118. The Morgan fingerprint density at radius 1 is 1.12 bits per heavy atom. The van der Waals surface area contributed by atoms with Crippen molar-refractivity contribution < 1.29 is 4.79 Å². The summed E-state index contributed by atoms with van der Waals surface area (Å²) < 4.78 is 0. The third kappa shape index (κ3) is 3.85. The first kappa shape index (κ1) is 7.67. The Kier molecular flexibility index (Phi) is 4.62. The van der Waals surface area contributed by atoms with Gasteiger partial charge in [-0.3, -0.25) is 4.79 Å². The van der Waals surface area contributed by atoms with Crippen molar-refractivity contribution in [3.63, 3.8) is 0 Å². The summed E-state index contributed by atoms with van der Waals surface area (Å²) in [6.45, 7) is 7.13. The summed E-state index contributed by atoms with van der Waals surface area (Å²) in [5, 5.41) is 0. The maximum atomic E-state index is 10.6. The van der Waals surface area contributed by atoms with Crippen LogP contribution in [0.3, 0.4) is 0 Å². The molecule has 0 rings (SSSR count). The van der Waals surface area contributed by atoms with Gasteiger partial charge in [-0.05, 0) is 12.8 Å². The zero-order valence-corrected chi connectivity index (χ0v) is 5.15. The number of Topliss-reactive ketones (excluding diaryl/α,β-unsaturated/α-hetero) is 1. The first-order valence-electron chi connectivity index (χ1n) is 2.91. The van der Waals surface area contributed by atoms with Gasteiger partial charge in [-0.1, -0.05) is 13.8 Å². The molecule has 0 atom stereocenters. The van der Waals surface area contributed by atoms with Crippen LogP contribution in [-0.4, -0.2) is 5.78 Å². The highest BCUT2D eigenvalue weighted by atomic mass is 16.1. The maximum Gasteiger partial charge on any atom is 0.132 e. The quantitative estimate of drug-likeness (QED) is 0.541. The molecule has 0 aliphatic carbocycles. The standard InChI is InChI=1S/C7H12O/c1-3-5-7(8)6-4-2/h1-6H2. The van der Waals surface area contributed by atoms with E-state index in [0.29, 0.717) is 12.8 Å². The second-order valence-corrected chi connectivity index (χ2v) is 1.75. The third-order valence-electron chi connectivity index (χ3n) is 0.911. The molecule has 0 aromatic heterocycles. The second-order valence-electron chi connectivity index (χ2n) is 1.75. The van der Waals surface area contributed by atoms with E-state index < -0.39 is 0 Å². The lowest BCUT2D eigenvalue weighted by Crippen LogP contribution is -1.94. The fourth-order valence-electron chi connectivity index (χ4n) is 0.519. The average molecular weight is 112 g/mol. The molecule has 2 radical (unpaired) electrons. The molecule has 0 saturated heterocycles. The molecular weight excluding hydrogens is 100 g/mol. The predicted molar refractivity (Wildman–Crippen MR) is 34.2 cm³/mol. The van der Waals surface area contributed by atoms with E-state index in [2.05, 4.69) is 13.8 Å². The lowest BCUT2D eigenvalue weighted by Gasteiger charge is -1.91. The van der Waals surface area contributed by atoms with Gasteiger partial charge in [0.1, 0.15) is 5.78 Å². The first-order chi connectivity index (χ1) is 3.81. The van der Waals surface area contributed by atoms with Crippen LogP contribution < -0.4 is 0 Å². The Bertz CT molecular complexity index is 58.8. The predicted octanol–water partition coefficient (Wildman–Crippen LogP) is 1.78. The van der Waals surface area contributed by atoms with Gasteiger partial charge in [-0.15, -0.1) is 0 Å². The van der Waals surface area contributed by atoms with Crippen molar-refractivity contribution >= 4 is 5.78 Å². The minimum atomic E-state index is 0.287. The molecule has 0 spiro atoms. The van der Waals surface area contributed by atoms with Crippen molar-refractivity contribution in [2.24, 2.45) is 0 Å². The van der Waals surface area contributed by atoms with Crippen LogP contribution >= 0.6 is 0 Å². The van der Waals surface area contributed by atoms with E-state index in [-0.39, 0.29) is 5.78 Å². The van der Waals surface area contributed by atoms with E-state index in [1.165, 1.54) is 0 Å². The lowest BCUT2D eigenvalue weighted by atomic mass is 10.1. The number of hydrogen-bond donors (Lipinski definition) is 0. The normalized spacial score (nSPS) is 9.25. The molecular formula is C7H12O. The molecule has 0 aliphatic rings. The number of rotatable bonds is 4. The van der Waals surface area contributed by atoms with Gasteiger partial charge in [-0.2, -0.15) is 0 Å². The average Bonchev–Trinajstić information content (AvgIpc) is 1.68. The zero-order chi connectivity index (χ0) is 6.41. The van der Waals surface area contributed by atoms with E-state index >= 15 is 0 Å². The molecule has 0 N–H and O–H groups in total. The molecule has 0 aromatic carbocycles. The Morgan fingerprint density at radius 3 is 1.75 bits per heavy atom. The Morgan fingerprint density at radius 2 is 1.50 bits per heavy atom. The topological polar surface area (TPSA) is 17.1 Å². The summed E-state index contributed by atoms with van der Waals surface area (Å²) in [6.07, 6.45) is 2.68. The summed E-state index contributed by atoms with van der Waals surface area (Å²) >= 11 is 0. The highest BCUT2D eigenvalue weighted by Crippen LogP contribution is 1.95. The molecule has 0 unspecified atom stereocenters. The fourth-order valence-corrected chi connectivity index (χ4v) is 0.519. The van der Waals surface area contributed by atoms with E-state index in [1.807, 2.05) is 0 Å². The zero-order valence-electron chi connectivity index (χ0n) is 5.15. The van der Waals surface area contributed by atoms with Crippen LogP contribution in [0.25, 0.3) is 0 Å². The molecule has 0 aromatic rings. The van der Waals surface area contributed by atoms with Crippen LogP contribution in [0.4, 0.5) is 0 Å². The van der Waals surface area contributed by atoms with Crippen molar-refractivity contribution in [2.75, 3.05) is 0 Å². The fraction of sp³-hybridized carbons (Fsp3) is 0.571. The summed E-state index contributed by atoms with van der Waals surface area (Å²) in [7, 11) is 0. The van der Waals surface area contributed by atoms with Crippen LogP contribution in [-0.2, 0) is 4.79 Å². The van der Waals surface area contributed by atoms with Gasteiger partial charge in [0, 0.05) is 12.8 Å². The van der Waals surface area contributed by atoms with Crippen LogP contribution in [0.5, 0.6) is 0 Å². The Hall–Kier alpha value is -0.330. The Labute approximate surface area is 51.1 Å². The largest absolute Gasteiger partial charge is 0.300 e. The van der Waals surface area contributed by atoms with Gasteiger partial charge in [-0.25, -0.2) is 0 Å². The van der Waals surface area contributed by atoms with Gasteiger partial charge in [0.05, 0.1) is 0 Å². The van der Waals surface area contributed by atoms with E-state index in [4.69, 9.17) is 0 Å². The molecule has 8 heavy (non-hydrogen) atoms. The van der Waals surface area contributed by atoms with Gasteiger partial charge < -0.3 is 0 Å². The summed E-state index contributed by atoms with van der Waals surface area (Å²) in [5.41, 5.74) is 0. The first-order valence-corrected chi connectivity index (χ1v) is 2.91. The molecule has 0 bridgehead atoms.